The second kappa shape index (κ2) is 9.26. The second-order valence-corrected chi connectivity index (χ2v) is 8.76. The van der Waals surface area contributed by atoms with Crippen LogP contribution in [0.3, 0.4) is 0 Å². The van der Waals surface area contributed by atoms with Crippen molar-refractivity contribution in [2.75, 3.05) is 59.5 Å². The number of thiazole rings is 1. The zero-order valence-corrected chi connectivity index (χ0v) is 16.9. The lowest BCUT2D eigenvalue weighted by molar-refractivity contribution is -0.130. The summed E-state index contributed by atoms with van der Waals surface area (Å²) in [6.45, 7) is 9.14. The minimum absolute atomic E-state index is 0.177. The Morgan fingerprint density at radius 3 is 2.81 bits per heavy atom. The van der Waals surface area contributed by atoms with Crippen molar-refractivity contribution >= 4 is 17.2 Å². The maximum Gasteiger partial charge on any atom is 0.222 e. The number of likely N-dealkylation sites (N-methyl/N-ethyl adjacent to an activating group) is 1. The molecule has 0 spiro atoms. The number of hydrogen-bond acceptors (Lipinski definition) is 6. The van der Waals surface area contributed by atoms with E-state index in [1.807, 2.05) is 17.3 Å². The van der Waals surface area contributed by atoms with Gasteiger partial charge in [0.1, 0.15) is 0 Å². The number of carbonyl (C=O) groups excluding carboxylic acids is 1. The zero-order valence-electron chi connectivity index (χ0n) is 16.1. The highest BCUT2D eigenvalue weighted by Gasteiger charge is 2.35. The fourth-order valence-electron chi connectivity index (χ4n) is 4.11. The topological polar surface area (TPSA) is 59.9 Å². The van der Waals surface area contributed by atoms with Gasteiger partial charge in [-0.05, 0) is 45.8 Å². The average Bonchev–Trinajstić information content (AvgIpc) is 3.17. The molecule has 2 aliphatic heterocycles. The van der Waals surface area contributed by atoms with Gasteiger partial charge in [0.25, 0.3) is 0 Å². The molecule has 1 amide bonds. The molecule has 7 heteroatoms. The molecule has 1 N–H and O–H groups in total. The Balaban J connectivity index is 1.51. The van der Waals surface area contributed by atoms with Gasteiger partial charge in [-0.1, -0.05) is 0 Å². The zero-order chi connectivity index (χ0) is 18.5. The third-order valence-corrected chi connectivity index (χ3v) is 6.87. The van der Waals surface area contributed by atoms with Gasteiger partial charge in [0.05, 0.1) is 11.2 Å². The van der Waals surface area contributed by atoms with Crippen molar-refractivity contribution in [2.45, 2.75) is 26.2 Å². The smallest absolute Gasteiger partial charge is 0.222 e. The lowest BCUT2D eigenvalue weighted by Gasteiger charge is -2.26. The van der Waals surface area contributed by atoms with Crippen LogP contribution in [0.1, 0.15) is 23.4 Å². The van der Waals surface area contributed by atoms with E-state index < -0.39 is 0 Å². The molecule has 0 bridgehead atoms. The van der Waals surface area contributed by atoms with Crippen molar-refractivity contribution in [1.29, 1.82) is 0 Å². The van der Waals surface area contributed by atoms with Gasteiger partial charge in [-0.2, -0.15) is 0 Å². The molecule has 2 fully saturated rings. The molecule has 3 heterocycles. The second-order valence-electron chi connectivity index (χ2n) is 7.82. The summed E-state index contributed by atoms with van der Waals surface area (Å²) in [5.41, 5.74) is 2.89. The predicted octanol–water partition coefficient (Wildman–Crippen LogP) is 1.09. The SMILES string of the molecule is Cc1ncsc1CCC(=O)N1CC(CO)C(CN2CCCN(C)CC2)C1. The molecule has 2 saturated heterocycles. The molecule has 6 nitrogen and oxygen atoms in total. The quantitative estimate of drug-likeness (QED) is 0.801. The molecule has 0 aliphatic carbocycles. The van der Waals surface area contributed by atoms with Crippen molar-refractivity contribution in [3.63, 3.8) is 0 Å². The summed E-state index contributed by atoms with van der Waals surface area (Å²) in [5.74, 6) is 0.817. The molecule has 2 atom stereocenters. The number of aliphatic hydroxyl groups is 1. The molecule has 146 valence electrons. The molecule has 3 rings (SSSR count). The number of aryl methyl sites for hydroxylation is 2. The Labute approximate surface area is 160 Å². The van der Waals surface area contributed by atoms with E-state index in [0.717, 1.165) is 51.4 Å². The van der Waals surface area contributed by atoms with Gasteiger partial charge in [0.2, 0.25) is 5.91 Å². The van der Waals surface area contributed by atoms with Crippen LogP contribution < -0.4 is 0 Å². The van der Waals surface area contributed by atoms with E-state index in [-0.39, 0.29) is 18.4 Å². The predicted molar refractivity (Wildman–Crippen MR) is 104 cm³/mol. The van der Waals surface area contributed by atoms with Crippen LogP contribution in [0.5, 0.6) is 0 Å². The molecule has 26 heavy (non-hydrogen) atoms. The Morgan fingerprint density at radius 1 is 1.27 bits per heavy atom. The standard InChI is InChI=1S/C19H32N4O2S/c1-15-18(26-14-20-15)4-5-19(25)23-11-16(17(12-23)13-24)10-22-7-3-6-21(2)8-9-22/h14,16-17,24H,3-13H2,1-2H3. The molecular weight excluding hydrogens is 348 g/mol. The van der Waals surface area contributed by atoms with E-state index in [2.05, 4.69) is 21.8 Å². The lowest BCUT2D eigenvalue weighted by atomic mass is 9.96. The van der Waals surface area contributed by atoms with Crippen molar-refractivity contribution in [1.82, 2.24) is 19.7 Å². The first-order valence-electron chi connectivity index (χ1n) is 9.75. The fourth-order valence-corrected chi connectivity index (χ4v) is 4.90. The summed E-state index contributed by atoms with van der Waals surface area (Å²) in [4.78, 5) is 25.0. The van der Waals surface area contributed by atoms with Crippen molar-refractivity contribution in [3.05, 3.63) is 16.1 Å². The molecule has 1 aromatic rings. The number of aliphatic hydroxyl groups excluding tert-OH is 1. The minimum Gasteiger partial charge on any atom is -0.396 e. The van der Waals surface area contributed by atoms with Crippen LogP contribution in [-0.4, -0.2) is 90.2 Å². The third kappa shape index (κ3) is 5.03. The molecule has 2 unspecified atom stereocenters. The first-order valence-corrected chi connectivity index (χ1v) is 10.6. The third-order valence-electron chi connectivity index (χ3n) is 5.88. The van der Waals surface area contributed by atoms with Crippen LogP contribution in [0.15, 0.2) is 5.51 Å². The van der Waals surface area contributed by atoms with Gasteiger partial charge in [-0.15, -0.1) is 11.3 Å². The first-order chi connectivity index (χ1) is 12.6. The number of likely N-dealkylation sites (tertiary alicyclic amines) is 1. The Hall–Kier alpha value is -1.02. The van der Waals surface area contributed by atoms with E-state index in [4.69, 9.17) is 0 Å². The van der Waals surface area contributed by atoms with E-state index in [1.165, 1.54) is 11.3 Å². The van der Waals surface area contributed by atoms with Gasteiger partial charge in [0, 0.05) is 56.5 Å². The summed E-state index contributed by atoms with van der Waals surface area (Å²) in [6, 6.07) is 0. The highest BCUT2D eigenvalue weighted by Crippen LogP contribution is 2.26. The maximum absolute atomic E-state index is 12.7. The van der Waals surface area contributed by atoms with Gasteiger partial charge in [0.15, 0.2) is 0 Å². The molecule has 0 radical (unpaired) electrons. The van der Waals surface area contributed by atoms with Gasteiger partial charge >= 0.3 is 0 Å². The summed E-state index contributed by atoms with van der Waals surface area (Å²) < 4.78 is 0. The number of carbonyl (C=O) groups is 1. The highest BCUT2D eigenvalue weighted by atomic mass is 32.1. The van der Waals surface area contributed by atoms with Crippen LogP contribution in [-0.2, 0) is 11.2 Å². The molecule has 1 aromatic heterocycles. The summed E-state index contributed by atoms with van der Waals surface area (Å²) in [5, 5.41) is 9.81. The monoisotopic (exact) mass is 380 g/mol. The van der Waals surface area contributed by atoms with Crippen molar-refractivity contribution in [3.8, 4) is 0 Å². The first kappa shape index (κ1) is 19.7. The Morgan fingerprint density at radius 2 is 2.08 bits per heavy atom. The van der Waals surface area contributed by atoms with E-state index in [0.29, 0.717) is 18.9 Å². The number of nitrogens with zero attached hydrogens (tertiary/aromatic N) is 4. The number of rotatable bonds is 6. The maximum atomic E-state index is 12.7. The Bertz CT molecular complexity index is 594. The van der Waals surface area contributed by atoms with Crippen molar-refractivity contribution < 1.29 is 9.90 Å². The summed E-state index contributed by atoms with van der Waals surface area (Å²) in [6.07, 6.45) is 2.52. The van der Waals surface area contributed by atoms with E-state index >= 15 is 0 Å². The number of amides is 1. The fraction of sp³-hybridized carbons (Fsp3) is 0.789. The van der Waals surface area contributed by atoms with Gasteiger partial charge in [-0.25, -0.2) is 4.98 Å². The largest absolute Gasteiger partial charge is 0.396 e. The van der Waals surface area contributed by atoms with Crippen LogP contribution in [0.2, 0.25) is 0 Å². The number of hydrogen-bond donors (Lipinski definition) is 1. The average molecular weight is 381 g/mol. The normalized spacial score (nSPS) is 25.6. The lowest BCUT2D eigenvalue weighted by Crippen LogP contribution is -2.36. The van der Waals surface area contributed by atoms with Crippen molar-refractivity contribution in [2.24, 2.45) is 11.8 Å². The molecule has 2 aliphatic rings. The molecule has 0 aromatic carbocycles. The summed E-state index contributed by atoms with van der Waals surface area (Å²) >= 11 is 1.63. The van der Waals surface area contributed by atoms with Gasteiger partial charge in [-0.3, -0.25) is 4.79 Å². The van der Waals surface area contributed by atoms with E-state index in [1.54, 1.807) is 11.3 Å². The number of aromatic nitrogens is 1. The Kier molecular flexibility index (Phi) is 7.03. The van der Waals surface area contributed by atoms with Crippen LogP contribution in [0.4, 0.5) is 0 Å². The van der Waals surface area contributed by atoms with Crippen LogP contribution in [0.25, 0.3) is 0 Å². The highest BCUT2D eigenvalue weighted by molar-refractivity contribution is 7.09. The minimum atomic E-state index is 0.177. The molecular formula is C19H32N4O2S. The van der Waals surface area contributed by atoms with Crippen LogP contribution in [0, 0.1) is 18.8 Å². The summed E-state index contributed by atoms with van der Waals surface area (Å²) in [7, 11) is 2.18. The van der Waals surface area contributed by atoms with Gasteiger partial charge < -0.3 is 19.8 Å². The van der Waals surface area contributed by atoms with E-state index in [9.17, 15) is 9.90 Å². The molecule has 0 saturated carbocycles. The van der Waals surface area contributed by atoms with Crippen LogP contribution >= 0.6 is 11.3 Å².